The third-order valence-electron chi connectivity index (χ3n) is 3.19. The number of amides is 2. The molecule has 0 aromatic rings. The van der Waals surface area contributed by atoms with E-state index < -0.39 is 5.91 Å². The maximum atomic E-state index is 12.0. The van der Waals surface area contributed by atoms with Gasteiger partial charge in [0.15, 0.2) is 0 Å². The Balaban J connectivity index is 2.40. The van der Waals surface area contributed by atoms with Crippen LogP contribution < -0.4 is 5.32 Å². The SMILES string of the molecule is CC1CC(C)CN(C(=O)C(=O)NCCN(C)C)C1. The Bertz CT molecular complexity index is 295. The molecule has 0 saturated carbocycles. The molecule has 0 aromatic heterocycles. The minimum absolute atomic E-state index is 0.382. The fourth-order valence-electron chi connectivity index (χ4n) is 2.44. The van der Waals surface area contributed by atoms with Gasteiger partial charge in [-0.05, 0) is 32.4 Å². The number of hydrogen-bond donors (Lipinski definition) is 1. The minimum Gasteiger partial charge on any atom is -0.347 e. The van der Waals surface area contributed by atoms with Crippen LogP contribution >= 0.6 is 0 Å². The van der Waals surface area contributed by atoms with E-state index in [1.165, 1.54) is 0 Å². The molecule has 104 valence electrons. The van der Waals surface area contributed by atoms with Gasteiger partial charge in [-0.2, -0.15) is 0 Å². The Morgan fingerprint density at radius 1 is 1.22 bits per heavy atom. The monoisotopic (exact) mass is 255 g/mol. The van der Waals surface area contributed by atoms with Crippen molar-refractivity contribution < 1.29 is 9.59 Å². The van der Waals surface area contributed by atoms with E-state index in [-0.39, 0.29) is 5.91 Å². The normalized spacial score (nSPS) is 24.2. The Morgan fingerprint density at radius 3 is 2.28 bits per heavy atom. The van der Waals surface area contributed by atoms with Crippen LogP contribution in [0.1, 0.15) is 20.3 Å². The fourth-order valence-corrected chi connectivity index (χ4v) is 2.44. The summed E-state index contributed by atoms with van der Waals surface area (Å²) >= 11 is 0. The van der Waals surface area contributed by atoms with E-state index in [2.05, 4.69) is 19.2 Å². The number of rotatable bonds is 3. The molecule has 5 nitrogen and oxygen atoms in total. The van der Waals surface area contributed by atoms with Gasteiger partial charge < -0.3 is 15.1 Å². The highest BCUT2D eigenvalue weighted by atomic mass is 16.2. The highest BCUT2D eigenvalue weighted by molar-refractivity contribution is 6.35. The van der Waals surface area contributed by atoms with Crippen LogP contribution in [0.3, 0.4) is 0 Å². The maximum Gasteiger partial charge on any atom is 0.311 e. The lowest BCUT2D eigenvalue weighted by atomic mass is 9.92. The molecule has 1 fully saturated rings. The van der Waals surface area contributed by atoms with Gasteiger partial charge in [-0.1, -0.05) is 13.8 Å². The lowest BCUT2D eigenvalue weighted by Gasteiger charge is -2.34. The molecule has 1 N–H and O–H groups in total. The molecule has 1 aliphatic heterocycles. The summed E-state index contributed by atoms with van der Waals surface area (Å²) in [6, 6.07) is 0. The molecule has 1 heterocycles. The molecule has 2 atom stereocenters. The average Bonchev–Trinajstić information content (AvgIpc) is 2.26. The predicted molar refractivity (Wildman–Crippen MR) is 71.1 cm³/mol. The van der Waals surface area contributed by atoms with Crippen LogP contribution in [-0.4, -0.2) is 61.9 Å². The second-order valence-corrected chi connectivity index (χ2v) is 5.72. The third kappa shape index (κ3) is 4.64. The molecule has 2 amide bonds. The molecule has 5 heteroatoms. The van der Waals surface area contributed by atoms with Gasteiger partial charge in [0.25, 0.3) is 0 Å². The first-order valence-electron chi connectivity index (χ1n) is 6.62. The van der Waals surface area contributed by atoms with Gasteiger partial charge in [0.05, 0.1) is 0 Å². The van der Waals surface area contributed by atoms with Gasteiger partial charge in [-0.25, -0.2) is 0 Å². The number of hydrogen-bond acceptors (Lipinski definition) is 3. The van der Waals surface area contributed by atoms with Crippen LogP contribution in [0.4, 0.5) is 0 Å². The van der Waals surface area contributed by atoms with Crippen molar-refractivity contribution in [3.8, 4) is 0 Å². The van der Waals surface area contributed by atoms with E-state index in [0.717, 1.165) is 13.0 Å². The standard InChI is InChI=1S/C13H25N3O2/c1-10-7-11(2)9-16(8-10)13(18)12(17)14-5-6-15(3)4/h10-11H,5-9H2,1-4H3,(H,14,17). The van der Waals surface area contributed by atoms with Gasteiger partial charge in [0.2, 0.25) is 0 Å². The van der Waals surface area contributed by atoms with Gasteiger partial charge in [0.1, 0.15) is 0 Å². The molecular weight excluding hydrogens is 230 g/mol. The number of likely N-dealkylation sites (tertiary alicyclic amines) is 1. The second-order valence-electron chi connectivity index (χ2n) is 5.72. The van der Waals surface area contributed by atoms with Crippen LogP contribution in [0.5, 0.6) is 0 Å². The Hall–Kier alpha value is -1.10. The summed E-state index contributed by atoms with van der Waals surface area (Å²) in [6.07, 6.45) is 1.13. The Kier molecular flexibility index (Phi) is 5.59. The van der Waals surface area contributed by atoms with Crippen molar-refractivity contribution in [1.82, 2.24) is 15.1 Å². The van der Waals surface area contributed by atoms with Gasteiger partial charge >= 0.3 is 11.8 Å². The summed E-state index contributed by atoms with van der Waals surface area (Å²) in [5, 5.41) is 2.67. The summed E-state index contributed by atoms with van der Waals surface area (Å²) in [6.45, 7) is 6.90. The van der Waals surface area contributed by atoms with Gasteiger partial charge in [0, 0.05) is 26.2 Å². The van der Waals surface area contributed by atoms with E-state index in [0.29, 0.717) is 31.5 Å². The van der Waals surface area contributed by atoms with Crippen LogP contribution in [0.2, 0.25) is 0 Å². The molecule has 0 bridgehead atoms. The summed E-state index contributed by atoms with van der Waals surface area (Å²) < 4.78 is 0. The second kappa shape index (κ2) is 6.73. The fraction of sp³-hybridized carbons (Fsp3) is 0.846. The zero-order valence-corrected chi connectivity index (χ0v) is 11.9. The Labute approximate surface area is 110 Å². The zero-order valence-electron chi connectivity index (χ0n) is 11.9. The predicted octanol–water partition coefficient (Wildman–Crippen LogP) is 0.169. The molecule has 2 unspecified atom stereocenters. The molecule has 1 aliphatic rings. The molecule has 0 radical (unpaired) electrons. The number of nitrogens with zero attached hydrogens (tertiary/aromatic N) is 2. The van der Waals surface area contributed by atoms with E-state index in [1.807, 2.05) is 19.0 Å². The maximum absolute atomic E-state index is 12.0. The molecule has 0 aliphatic carbocycles. The van der Waals surface area contributed by atoms with Crippen molar-refractivity contribution in [2.75, 3.05) is 40.3 Å². The summed E-state index contributed by atoms with van der Waals surface area (Å²) in [5.74, 6) is 0.102. The van der Waals surface area contributed by atoms with Crippen molar-refractivity contribution in [2.45, 2.75) is 20.3 Å². The van der Waals surface area contributed by atoms with Crippen LogP contribution in [0, 0.1) is 11.8 Å². The zero-order chi connectivity index (χ0) is 13.7. The Morgan fingerprint density at radius 2 is 1.78 bits per heavy atom. The van der Waals surface area contributed by atoms with E-state index >= 15 is 0 Å². The van der Waals surface area contributed by atoms with Crippen LogP contribution in [0.15, 0.2) is 0 Å². The molecule has 1 saturated heterocycles. The summed E-state index contributed by atoms with van der Waals surface area (Å²) in [5.41, 5.74) is 0. The van der Waals surface area contributed by atoms with Crippen molar-refractivity contribution in [3.63, 3.8) is 0 Å². The van der Waals surface area contributed by atoms with Crippen molar-refractivity contribution >= 4 is 11.8 Å². The van der Waals surface area contributed by atoms with Crippen LogP contribution in [0.25, 0.3) is 0 Å². The van der Waals surface area contributed by atoms with E-state index in [4.69, 9.17) is 0 Å². The van der Waals surface area contributed by atoms with E-state index in [9.17, 15) is 9.59 Å². The minimum atomic E-state index is -0.474. The quantitative estimate of drug-likeness (QED) is 0.731. The molecule has 0 spiro atoms. The third-order valence-corrected chi connectivity index (χ3v) is 3.19. The van der Waals surface area contributed by atoms with Gasteiger partial charge in [-0.15, -0.1) is 0 Å². The van der Waals surface area contributed by atoms with Crippen molar-refractivity contribution in [1.29, 1.82) is 0 Å². The average molecular weight is 255 g/mol. The first-order chi connectivity index (χ1) is 8.40. The number of nitrogens with one attached hydrogen (secondary N) is 1. The first-order valence-corrected chi connectivity index (χ1v) is 6.62. The smallest absolute Gasteiger partial charge is 0.311 e. The number of carbonyl (C=O) groups excluding carboxylic acids is 2. The topological polar surface area (TPSA) is 52.7 Å². The molecule has 18 heavy (non-hydrogen) atoms. The number of likely N-dealkylation sites (N-methyl/N-ethyl adjacent to an activating group) is 1. The first kappa shape index (κ1) is 15.0. The molecule has 0 aromatic carbocycles. The molecule has 1 rings (SSSR count). The van der Waals surface area contributed by atoms with Crippen molar-refractivity contribution in [3.05, 3.63) is 0 Å². The summed E-state index contributed by atoms with van der Waals surface area (Å²) in [7, 11) is 3.87. The largest absolute Gasteiger partial charge is 0.347 e. The molecular formula is C13H25N3O2. The van der Waals surface area contributed by atoms with Gasteiger partial charge in [-0.3, -0.25) is 9.59 Å². The lowest BCUT2D eigenvalue weighted by Crippen LogP contribution is -2.49. The lowest BCUT2D eigenvalue weighted by molar-refractivity contribution is -0.147. The van der Waals surface area contributed by atoms with Crippen molar-refractivity contribution in [2.24, 2.45) is 11.8 Å². The number of carbonyl (C=O) groups is 2. The highest BCUT2D eigenvalue weighted by Crippen LogP contribution is 2.20. The highest BCUT2D eigenvalue weighted by Gasteiger charge is 2.28. The summed E-state index contributed by atoms with van der Waals surface area (Å²) in [4.78, 5) is 27.3. The van der Waals surface area contributed by atoms with E-state index in [1.54, 1.807) is 4.90 Å². The number of piperidine rings is 1. The van der Waals surface area contributed by atoms with Crippen LogP contribution in [-0.2, 0) is 9.59 Å².